The SMILES string of the molecule is O=C(O)OC(=O)C(=O)Nc1ccccc1. The highest BCUT2D eigenvalue weighted by Crippen LogP contribution is 2.04. The van der Waals surface area contributed by atoms with Crippen LogP contribution in [0.25, 0.3) is 0 Å². The van der Waals surface area contributed by atoms with Crippen LogP contribution in [0.2, 0.25) is 0 Å². The van der Waals surface area contributed by atoms with Crippen molar-refractivity contribution in [2.45, 2.75) is 0 Å². The molecule has 2 N–H and O–H groups in total. The molecule has 0 aliphatic carbocycles. The lowest BCUT2D eigenvalue weighted by Gasteiger charge is -2.01. The largest absolute Gasteiger partial charge is 0.514 e. The van der Waals surface area contributed by atoms with E-state index in [2.05, 4.69) is 10.1 Å². The second-order valence-electron chi connectivity index (χ2n) is 2.48. The first-order valence-corrected chi connectivity index (χ1v) is 3.90. The molecule has 0 radical (unpaired) electrons. The maximum absolute atomic E-state index is 11.0. The zero-order valence-corrected chi connectivity index (χ0v) is 7.47. The Labute approximate surface area is 84.5 Å². The van der Waals surface area contributed by atoms with Crippen molar-refractivity contribution in [2.75, 3.05) is 5.32 Å². The summed E-state index contributed by atoms with van der Waals surface area (Å²) in [5.74, 6) is -2.60. The number of ether oxygens (including phenoxy) is 1. The molecule has 0 spiro atoms. The number of carboxylic acid groups (broad SMARTS) is 1. The highest BCUT2D eigenvalue weighted by atomic mass is 16.7. The topological polar surface area (TPSA) is 92.7 Å². The van der Waals surface area contributed by atoms with Gasteiger partial charge in [0.2, 0.25) is 0 Å². The van der Waals surface area contributed by atoms with Crippen molar-refractivity contribution in [1.82, 2.24) is 0 Å². The van der Waals surface area contributed by atoms with Crippen molar-refractivity contribution < 1.29 is 24.2 Å². The third-order valence-electron chi connectivity index (χ3n) is 1.40. The molecule has 78 valence electrons. The fraction of sp³-hybridized carbons (Fsp3) is 0. The van der Waals surface area contributed by atoms with E-state index in [-0.39, 0.29) is 0 Å². The maximum Gasteiger partial charge on any atom is 0.514 e. The van der Waals surface area contributed by atoms with Gasteiger partial charge in [-0.15, -0.1) is 0 Å². The Morgan fingerprint density at radius 1 is 1.13 bits per heavy atom. The summed E-state index contributed by atoms with van der Waals surface area (Å²) in [7, 11) is 0. The van der Waals surface area contributed by atoms with Gasteiger partial charge in [0, 0.05) is 5.69 Å². The first-order chi connectivity index (χ1) is 7.09. The molecule has 6 heteroatoms. The van der Waals surface area contributed by atoms with Crippen molar-refractivity contribution in [1.29, 1.82) is 0 Å². The minimum absolute atomic E-state index is 0.379. The Morgan fingerprint density at radius 3 is 2.27 bits per heavy atom. The molecule has 0 aliphatic heterocycles. The number of hydrogen-bond donors (Lipinski definition) is 2. The van der Waals surface area contributed by atoms with Gasteiger partial charge in [-0.1, -0.05) is 18.2 Å². The summed E-state index contributed by atoms with van der Waals surface area (Å²) in [4.78, 5) is 31.7. The van der Waals surface area contributed by atoms with Gasteiger partial charge in [-0.3, -0.25) is 4.79 Å². The summed E-state index contributed by atoms with van der Waals surface area (Å²) in [6, 6.07) is 8.12. The molecular formula is C9H7NO5. The molecule has 0 bridgehead atoms. The normalized spacial score (nSPS) is 9.07. The lowest BCUT2D eigenvalue weighted by molar-refractivity contribution is -0.149. The smallest absolute Gasteiger partial charge is 0.449 e. The Balaban J connectivity index is 2.56. The molecule has 6 nitrogen and oxygen atoms in total. The van der Waals surface area contributed by atoms with Crippen LogP contribution < -0.4 is 5.32 Å². The number of nitrogens with one attached hydrogen (secondary N) is 1. The lowest BCUT2D eigenvalue weighted by atomic mass is 10.3. The fourth-order valence-corrected chi connectivity index (χ4v) is 0.829. The van der Waals surface area contributed by atoms with E-state index in [4.69, 9.17) is 5.11 Å². The van der Waals surface area contributed by atoms with Crippen molar-refractivity contribution in [3.63, 3.8) is 0 Å². The predicted molar refractivity (Wildman–Crippen MR) is 49.2 cm³/mol. The maximum atomic E-state index is 11.0. The molecule has 0 aliphatic rings. The Kier molecular flexibility index (Phi) is 3.39. The van der Waals surface area contributed by atoms with Gasteiger partial charge in [-0.2, -0.15) is 0 Å². The molecule has 1 amide bonds. The molecular weight excluding hydrogens is 202 g/mol. The average Bonchev–Trinajstić information content (AvgIpc) is 2.18. The molecule has 15 heavy (non-hydrogen) atoms. The van der Waals surface area contributed by atoms with Crippen LogP contribution in [0.3, 0.4) is 0 Å². The van der Waals surface area contributed by atoms with E-state index in [1.807, 2.05) is 0 Å². The molecule has 0 saturated heterocycles. The van der Waals surface area contributed by atoms with E-state index in [1.165, 1.54) is 0 Å². The first kappa shape index (κ1) is 10.7. The van der Waals surface area contributed by atoms with Crippen LogP contribution in [0, 0.1) is 0 Å². The van der Waals surface area contributed by atoms with E-state index in [0.717, 1.165) is 0 Å². The first-order valence-electron chi connectivity index (χ1n) is 3.90. The summed E-state index contributed by atoms with van der Waals surface area (Å²) in [5.41, 5.74) is 0.379. The van der Waals surface area contributed by atoms with E-state index in [1.54, 1.807) is 30.3 Å². The summed E-state index contributed by atoms with van der Waals surface area (Å²) in [6.45, 7) is 0. The summed E-state index contributed by atoms with van der Waals surface area (Å²) < 4.78 is 3.65. The molecule has 0 fully saturated rings. The van der Waals surface area contributed by atoms with Crippen LogP contribution in [0.4, 0.5) is 10.5 Å². The quantitative estimate of drug-likeness (QED) is 0.406. The number of para-hydroxylation sites is 1. The monoisotopic (exact) mass is 209 g/mol. The molecule has 0 heterocycles. The van der Waals surface area contributed by atoms with Gasteiger partial charge in [-0.25, -0.2) is 9.59 Å². The van der Waals surface area contributed by atoms with Gasteiger partial charge in [0.05, 0.1) is 0 Å². The third kappa shape index (κ3) is 3.47. The van der Waals surface area contributed by atoms with E-state index < -0.39 is 18.0 Å². The number of anilines is 1. The van der Waals surface area contributed by atoms with Gasteiger partial charge < -0.3 is 15.2 Å². The summed E-state index contributed by atoms with van der Waals surface area (Å²) in [5, 5.41) is 10.2. The molecule has 1 aromatic rings. The molecule has 1 rings (SSSR count). The average molecular weight is 209 g/mol. The zero-order valence-electron chi connectivity index (χ0n) is 7.47. The van der Waals surface area contributed by atoms with Crippen LogP contribution in [-0.4, -0.2) is 23.1 Å². The van der Waals surface area contributed by atoms with E-state index >= 15 is 0 Å². The van der Waals surface area contributed by atoms with Gasteiger partial charge in [-0.05, 0) is 12.1 Å². The Hall–Kier alpha value is -2.37. The highest BCUT2D eigenvalue weighted by Gasteiger charge is 2.18. The second-order valence-corrected chi connectivity index (χ2v) is 2.48. The molecule has 0 saturated carbocycles. The number of benzene rings is 1. The number of hydrogen-bond acceptors (Lipinski definition) is 4. The zero-order chi connectivity index (χ0) is 11.3. The molecule has 0 atom stereocenters. The third-order valence-corrected chi connectivity index (χ3v) is 1.40. The van der Waals surface area contributed by atoms with Crippen molar-refractivity contribution >= 4 is 23.7 Å². The van der Waals surface area contributed by atoms with Gasteiger partial charge in [0.1, 0.15) is 0 Å². The molecule has 1 aromatic carbocycles. The van der Waals surface area contributed by atoms with Crippen molar-refractivity contribution in [2.24, 2.45) is 0 Å². The van der Waals surface area contributed by atoms with Gasteiger partial charge >= 0.3 is 18.0 Å². The molecule has 0 aromatic heterocycles. The highest BCUT2D eigenvalue weighted by molar-refractivity contribution is 6.38. The number of amides is 1. The van der Waals surface area contributed by atoms with Crippen LogP contribution in [0.5, 0.6) is 0 Å². The van der Waals surface area contributed by atoms with Gasteiger partial charge in [0.15, 0.2) is 0 Å². The van der Waals surface area contributed by atoms with E-state index in [9.17, 15) is 14.4 Å². The summed E-state index contributed by atoms with van der Waals surface area (Å²) >= 11 is 0. The summed E-state index contributed by atoms with van der Waals surface area (Å²) in [6.07, 6.45) is -1.82. The number of rotatable bonds is 1. The van der Waals surface area contributed by atoms with Crippen molar-refractivity contribution in [3.05, 3.63) is 30.3 Å². The number of esters is 1. The van der Waals surface area contributed by atoms with Crippen LogP contribution in [0.15, 0.2) is 30.3 Å². The van der Waals surface area contributed by atoms with Crippen LogP contribution in [0.1, 0.15) is 0 Å². The lowest BCUT2D eigenvalue weighted by Crippen LogP contribution is -2.26. The van der Waals surface area contributed by atoms with Crippen molar-refractivity contribution in [3.8, 4) is 0 Å². The number of carbonyl (C=O) groups excluding carboxylic acids is 2. The minimum Gasteiger partial charge on any atom is -0.449 e. The Morgan fingerprint density at radius 2 is 1.73 bits per heavy atom. The number of carbonyl (C=O) groups is 3. The predicted octanol–water partition coefficient (Wildman–Crippen LogP) is 0.846. The van der Waals surface area contributed by atoms with Gasteiger partial charge in [0.25, 0.3) is 0 Å². The fourth-order valence-electron chi connectivity index (χ4n) is 0.829. The van der Waals surface area contributed by atoms with E-state index in [0.29, 0.717) is 5.69 Å². The minimum atomic E-state index is -1.82. The second kappa shape index (κ2) is 4.75. The van der Waals surface area contributed by atoms with Crippen LogP contribution in [-0.2, 0) is 14.3 Å². The van der Waals surface area contributed by atoms with Crippen LogP contribution >= 0.6 is 0 Å². The standard InChI is InChI=1S/C9H7NO5/c11-7(8(12)15-9(13)14)10-6-4-2-1-3-5-6/h1-5H,(H,10,11)(H,13,14). The Bertz CT molecular complexity index is 387. The molecule has 0 unspecified atom stereocenters.